The molecule has 0 amide bonds. The fourth-order valence-electron chi connectivity index (χ4n) is 1.00. The molecule has 0 aliphatic carbocycles. The summed E-state index contributed by atoms with van der Waals surface area (Å²) in [5.74, 6) is 2.80. The molecule has 0 aromatic heterocycles. The van der Waals surface area contributed by atoms with Crippen LogP contribution >= 0.6 is 0 Å². The van der Waals surface area contributed by atoms with Crippen molar-refractivity contribution in [2.24, 2.45) is 0 Å². The first-order valence-corrected chi connectivity index (χ1v) is 8.38. The van der Waals surface area contributed by atoms with E-state index < -0.39 is 21.6 Å². The largest absolute Gasteiger partial charge is 0.260 e. The van der Waals surface area contributed by atoms with E-state index >= 15 is 0 Å². The van der Waals surface area contributed by atoms with Gasteiger partial charge in [0.1, 0.15) is 0 Å². The summed E-state index contributed by atoms with van der Waals surface area (Å²) in [4.78, 5) is 0. The zero-order valence-corrected chi connectivity index (χ0v) is 10.9. The van der Waals surface area contributed by atoms with Crippen molar-refractivity contribution in [3.8, 4) is 0 Å². The van der Waals surface area contributed by atoms with Crippen molar-refractivity contribution < 1.29 is 8.42 Å². The van der Waals surface area contributed by atoms with Gasteiger partial charge in [0.15, 0.2) is 0 Å². The summed E-state index contributed by atoms with van der Waals surface area (Å²) in [6.07, 6.45) is 4.22. The first kappa shape index (κ1) is 14.3. The lowest BCUT2D eigenvalue weighted by atomic mass is 10.4. The normalized spacial score (nSPS) is 15.3. The SMILES string of the molecule is CCCCS(=O)CCS(=O)CCCC. The molecule has 0 heterocycles. The summed E-state index contributed by atoms with van der Waals surface area (Å²) in [5, 5.41) is 0. The van der Waals surface area contributed by atoms with E-state index in [0.717, 1.165) is 37.2 Å². The van der Waals surface area contributed by atoms with Crippen molar-refractivity contribution in [3.63, 3.8) is 0 Å². The van der Waals surface area contributed by atoms with Crippen LogP contribution < -0.4 is 0 Å². The zero-order valence-electron chi connectivity index (χ0n) is 9.29. The summed E-state index contributed by atoms with van der Waals surface area (Å²) < 4.78 is 22.7. The van der Waals surface area contributed by atoms with Crippen molar-refractivity contribution in [1.29, 1.82) is 0 Å². The monoisotopic (exact) mass is 238 g/mol. The van der Waals surface area contributed by atoms with Crippen LogP contribution in [0.2, 0.25) is 0 Å². The second-order valence-electron chi connectivity index (χ2n) is 3.40. The number of hydrogen-bond acceptors (Lipinski definition) is 2. The molecule has 0 rings (SSSR count). The van der Waals surface area contributed by atoms with Crippen molar-refractivity contribution in [2.75, 3.05) is 23.0 Å². The molecule has 4 heteroatoms. The van der Waals surface area contributed by atoms with E-state index in [-0.39, 0.29) is 0 Å². The highest BCUT2D eigenvalue weighted by Gasteiger charge is 2.03. The van der Waals surface area contributed by atoms with Gasteiger partial charge in [0.2, 0.25) is 0 Å². The maximum atomic E-state index is 11.4. The molecule has 0 saturated carbocycles. The quantitative estimate of drug-likeness (QED) is 0.616. The summed E-state index contributed by atoms with van der Waals surface area (Å²) in [5.41, 5.74) is 0. The van der Waals surface area contributed by atoms with Gasteiger partial charge < -0.3 is 0 Å². The Labute approximate surface area is 92.8 Å². The molecule has 0 bridgehead atoms. The highest BCUT2D eigenvalue weighted by atomic mass is 32.2. The second kappa shape index (κ2) is 9.84. The number of hydrogen-bond donors (Lipinski definition) is 0. The van der Waals surface area contributed by atoms with E-state index in [1.54, 1.807) is 0 Å². The molecule has 2 unspecified atom stereocenters. The van der Waals surface area contributed by atoms with Crippen molar-refractivity contribution in [2.45, 2.75) is 39.5 Å². The van der Waals surface area contributed by atoms with E-state index in [1.807, 2.05) is 0 Å². The molecule has 2 atom stereocenters. The first-order chi connectivity index (χ1) is 6.70. The average Bonchev–Trinajstić information content (AvgIpc) is 2.20. The molecular formula is C10H22O2S2. The van der Waals surface area contributed by atoms with Crippen molar-refractivity contribution in [1.82, 2.24) is 0 Å². The summed E-state index contributed by atoms with van der Waals surface area (Å²) in [7, 11) is -1.48. The predicted octanol–water partition coefficient (Wildman–Crippen LogP) is 2.08. The number of rotatable bonds is 9. The fraction of sp³-hybridized carbons (Fsp3) is 1.00. The lowest BCUT2D eigenvalue weighted by molar-refractivity contribution is 0.674. The van der Waals surface area contributed by atoms with Gasteiger partial charge in [0.25, 0.3) is 0 Å². The predicted molar refractivity (Wildman–Crippen MR) is 65.6 cm³/mol. The van der Waals surface area contributed by atoms with Gasteiger partial charge >= 0.3 is 0 Å². The first-order valence-electron chi connectivity index (χ1n) is 5.40. The summed E-state index contributed by atoms with van der Waals surface area (Å²) in [6, 6.07) is 0. The maximum Gasteiger partial charge on any atom is 0.0350 e. The topological polar surface area (TPSA) is 34.1 Å². The Kier molecular flexibility index (Phi) is 10.1. The Bertz CT molecular complexity index is 161. The van der Waals surface area contributed by atoms with E-state index in [0.29, 0.717) is 11.5 Å². The van der Waals surface area contributed by atoms with Crippen molar-refractivity contribution in [3.05, 3.63) is 0 Å². The molecule has 0 aliphatic heterocycles. The van der Waals surface area contributed by atoms with Gasteiger partial charge in [-0.15, -0.1) is 0 Å². The van der Waals surface area contributed by atoms with Crippen LogP contribution in [0.25, 0.3) is 0 Å². The molecule has 0 aromatic rings. The molecule has 0 N–H and O–H groups in total. The molecule has 0 spiro atoms. The lowest BCUT2D eigenvalue weighted by Gasteiger charge is -2.01. The van der Waals surface area contributed by atoms with Gasteiger partial charge in [0, 0.05) is 44.6 Å². The standard InChI is InChI=1S/C10H22O2S2/c1-3-5-7-13(11)9-10-14(12)8-6-4-2/h3-10H2,1-2H3. The van der Waals surface area contributed by atoms with Gasteiger partial charge in [-0.05, 0) is 12.8 Å². The maximum absolute atomic E-state index is 11.4. The van der Waals surface area contributed by atoms with Gasteiger partial charge in [-0.1, -0.05) is 26.7 Å². The molecule has 0 aliphatic rings. The van der Waals surface area contributed by atoms with Crippen LogP contribution in [0.4, 0.5) is 0 Å². The third kappa shape index (κ3) is 8.88. The van der Waals surface area contributed by atoms with E-state index in [2.05, 4.69) is 13.8 Å². The van der Waals surface area contributed by atoms with Crippen LogP contribution in [-0.2, 0) is 21.6 Å². The molecular weight excluding hydrogens is 216 g/mol. The molecule has 0 saturated heterocycles. The molecule has 2 nitrogen and oxygen atoms in total. The fourth-order valence-corrected chi connectivity index (χ4v) is 4.12. The lowest BCUT2D eigenvalue weighted by Crippen LogP contribution is -2.12. The summed E-state index contributed by atoms with van der Waals surface area (Å²) >= 11 is 0. The third-order valence-electron chi connectivity index (χ3n) is 1.99. The molecule has 0 fully saturated rings. The molecule has 0 aromatic carbocycles. The minimum atomic E-state index is -0.739. The molecule has 0 radical (unpaired) electrons. The third-order valence-corrected chi connectivity index (χ3v) is 5.06. The van der Waals surface area contributed by atoms with Crippen LogP contribution in [-0.4, -0.2) is 31.4 Å². The number of unbranched alkanes of at least 4 members (excludes halogenated alkanes) is 2. The van der Waals surface area contributed by atoms with E-state index in [9.17, 15) is 8.42 Å². The summed E-state index contributed by atoms with van der Waals surface area (Å²) in [6.45, 7) is 4.19. The Morgan fingerprint density at radius 1 is 0.714 bits per heavy atom. The van der Waals surface area contributed by atoms with E-state index in [1.165, 1.54) is 0 Å². The zero-order chi connectivity index (χ0) is 10.8. The van der Waals surface area contributed by atoms with Gasteiger partial charge in [-0.3, -0.25) is 8.42 Å². The van der Waals surface area contributed by atoms with Crippen LogP contribution in [0.3, 0.4) is 0 Å². The van der Waals surface area contributed by atoms with Gasteiger partial charge in [0.05, 0.1) is 0 Å². The second-order valence-corrected chi connectivity index (χ2v) is 6.80. The van der Waals surface area contributed by atoms with Crippen LogP contribution in [0.1, 0.15) is 39.5 Å². The highest BCUT2D eigenvalue weighted by Crippen LogP contribution is 1.96. The minimum absolute atomic E-state index is 0.621. The Balaban J connectivity index is 3.41. The van der Waals surface area contributed by atoms with Crippen LogP contribution in [0.15, 0.2) is 0 Å². The smallest absolute Gasteiger partial charge is 0.0350 e. The van der Waals surface area contributed by atoms with Crippen LogP contribution in [0.5, 0.6) is 0 Å². The van der Waals surface area contributed by atoms with Gasteiger partial charge in [-0.25, -0.2) is 0 Å². The van der Waals surface area contributed by atoms with Crippen LogP contribution in [0, 0.1) is 0 Å². The molecule has 86 valence electrons. The Morgan fingerprint density at radius 2 is 1.07 bits per heavy atom. The average molecular weight is 238 g/mol. The van der Waals surface area contributed by atoms with Crippen molar-refractivity contribution >= 4 is 21.6 Å². The highest BCUT2D eigenvalue weighted by molar-refractivity contribution is 7.88. The Hall–Kier alpha value is 0.300. The Morgan fingerprint density at radius 3 is 1.36 bits per heavy atom. The van der Waals surface area contributed by atoms with Gasteiger partial charge in [-0.2, -0.15) is 0 Å². The molecule has 14 heavy (non-hydrogen) atoms. The minimum Gasteiger partial charge on any atom is -0.260 e. The van der Waals surface area contributed by atoms with E-state index in [4.69, 9.17) is 0 Å².